The maximum Gasteiger partial charge on any atom is 0.168 e. The third-order valence-corrected chi connectivity index (χ3v) is 5.96. The van der Waals surface area contributed by atoms with E-state index >= 15 is 0 Å². The molecule has 7 atom stereocenters. The molecule has 3 fully saturated rings. The van der Waals surface area contributed by atoms with E-state index < -0.39 is 30.4 Å². The predicted octanol–water partition coefficient (Wildman–Crippen LogP) is 0.0380. The van der Waals surface area contributed by atoms with Gasteiger partial charge in [0, 0.05) is 12.8 Å². The molecule has 0 amide bonds. The molecule has 1 spiro atoms. The Labute approximate surface area is 149 Å². The molecule has 0 aromatic carbocycles. The van der Waals surface area contributed by atoms with Crippen LogP contribution in [0.5, 0.6) is 0 Å². The molecule has 0 saturated carbocycles. The fraction of sp³-hybridized carbons (Fsp3) is 1.00. The summed E-state index contributed by atoms with van der Waals surface area (Å²) in [6.07, 6.45) is 5.82. The quantitative estimate of drug-likeness (QED) is 0.455. The van der Waals surface area contributed by atoms with Crippen LogP contribution in [0.3, 0.4) is 0 Å². The molecule has 7 heteroatoms. The van der Waals surface area contributed by atoms with Crippen molar-refractivity contribution in [2.24, 2.45) is 0 Å². The SMILES string of the molecule is OC[C@H]1N[C@H](C(O)CCCC2CCCC3(CCCCO3)O2)[C@@H](O)[C@@H]1O. The van der Waals surface area contributed by atoms with E-state index in [1.807, 2.05) is 0 Å². The Kier molecular flexibility index (Phi) is 6.71. The van der Waals surface area contributed by atoms with Crippen molar-refractivity contribution < 1.29 is 29.9 Å². The van der Waals surface area contributed by atoms with Crippen LogP contribution in [0.2, 0.25) is 0 Å². The van der Waals surface area contributed by atoms with Gasteiger partial charge in [0.15, 0.2) is 5.79 Å². The molecular weight excluding hydrogens is 326 g/mol. The van der Waals surface area contributed by atoms with Gasteiger partial charge in [0.1, 0.15) is 0 Å². The zero-order valence-electron chi connectivity index (χ0n) is 14.8. The number of aliphatic hydroxyl groups excluding tert-OH is 4. The van der Waals surface area contributed by atoms with Crippen molar-refractivity contribution in [2.45, 2.75) is 100 Å². The number of nitrogens with one attached hydrogen (secondary N) is 1. The van der Waals surface area contributed by atoms with Crippen molar-refractivity contribution in [3.05, 3.63) is 0 Å². The first-order chi connectivity index (χ1) is 12.0. The lowest BCUT2D eigenvalue weighted by Crippen LogP contribution is -2.45. The lowest BCUT2D eigenvalue weighted by atomic mass is 9.92. The minimum atomic E-state index is -1.06. The van der Waals surface area contributed by atoms with Gasteiger partial charge >= 0.3 is 0 Å². The highest BCUT2D eigenvalue weighted by molar-refractivity contribution is 5.00. The van der Waals surface area contributed by atoms with Crippen LogP contribution in [-0.2, 0) is 9.47 Å². The van der Waals surface area contributed by atoms with E-state index in [0.29, 0.717) is 6.42 Å². The second kappa shape index (κ2) is 8.61. The molecule has 0 aromatic heterocycles. The largest absolute Gasteiger partial charge is 0.395 e. The molecule has 146 valence electrons. The average Bonchev–Trinajstić information content (AvgIpc) is 2.90. The van der Waals surface area contributed by atoms with Gasteiger partial charge in [-0.3, -0.25) is 0 Å². The van der Waals surface area contributed by atoms with Gasteiger partial charge in [0.05, 0.1) is 49.7 Å². The molecule has 0 aromatic rings. The van der Waals surface area contributed by atoms with Crippen LogP contribution in [0, 0.1) is 0 Å². The van der Waals surface area contributed by atoms with Gasteiger partial charge in [-0.05, 0) is 44.9 Å². The second-order valence-corrected chi connectivity index (χ2v) is 7.81. The normalized spacial score (nSPS) is 43.4. The summed E-state index contributed by atoms with van der Waals surface area (Å²) in [5, 5.41) is 42.3. The minimum Gasteiger partial charge on any atom is -0.395 e. The van der Waals surface area contributed by atoms with Crippen molar-refractivity contribution in [2.75, 3.05) is 13.2 Å². The lowest BCUT2D eigenvalue weighted by Gasteiger charge is -2.43. The summed E-state index contributed by atoms with van der Waals surface area (Å²) in [7, 11) is 0. The highest BCUT2D eigenvalue weighted by Crippen LogP contribution is 2.38. The maximum absolute atomic E-state index is 10.3. The zero-order valence-corrected chi connectivity index (χ0v) is 14.8. The molecule has 0 bridgehead atoms. The van der Waals surface area contributed by atoms with E-state index in [1.54, 1.807) is 0 Å². The molecular formula is C18H33NO6. The van der Waals surface area contributed by atoms with Crippen LogP contribution in [0.15, 0.2) is 0 Å². The van der Waals surface area contributed by atoms with E-state index in [9.17, 15) is 20.4 Å². The summed E-state index contributed by atoms with van der Waals surface area (Å²) in [6, 6.07) is -1.19. The van der Waals surface area contributed by atoms with Crippen LogP contribution in [0.25, 0.3) is 0 Å². The Morgan fingerprint density at radius 2 is 1.92 bits per heavy atom. The summed E-state index contributed by atoms with van der Waals surface area (Å²) >= 11 is 0. The Morgan fingerprint density at radius 1 is 1.12 bits per heavy atom. The molecule has 0 radical (unpaired) electrons. The van der Waals surface area contributed by atoms with Gasteiger partial charge in [-0.1, -0.05) is 0 Å². The third-order valence-electron chi connectivity index (χ3n) is 5.96. The van der Waals surface area contributed by atoms with Gasteiger partial charge in [0.2, 0.25) is 0 Å². The van der Waals surface area contributed by atoms with Crippen LogP contribution in [0.1, 0.15) is 57.8 Å². The highest BCUT2D eigenvalue weighted by atomic mass is 16.7. The summed E-state index contributed by atoms with van der Waals surface area (Å²) in [6.45, 7) is 0.518. The van der Waals surface area contributed by atoms with Crippen molar-refractivity contribution in [3.63, 3.8) is 0 Å². The third kappa shape index (κ3) is 4.53. The fourth-order valence-electron chi connectivity index (χ4n) is 4.47. The van der Waals surface area contributed by atoms with E-state index in [-0.39, 0.29) is 18.5 Å². The van der Waals surface area contributed by atoms with Gasteiger partial charge < -0.3 is 35.2 Å². The first-order valence-electron chi connectivity index (χ1n) is 9.77. The van der Waals surface area contributed by atoms with E-state index in [0.717, 1.165) is 58.0 Å². The summed E-state index contributed by atoms with van der Waals surface area (Å²) in [5.41, 5.74) is 0. The molecule has 25 heavy (non-hydrogen) atoms. The molecule has 5 N–H and O–H groups in total. The molecule has 3 rings (SSSR count). The number of ether oxygens (including phenoxy) is 2. The first-order valence-corrected chi connectivity index (χ1v) is 9.77. The van der Waals surface area contributed by atoms with Gasteiger partial charge in [-0.2, -0.15) is 0 Å². The molecule has 3 unspecified atom stereocenters. The van der Waals surface area contributed by atoms with E-state index in [4.69, 9.17) is 9.47 Å². The minimum absolute atomic E-state index is 0.163. The molecule has 3 saturated heterocycles. The maximum atomic E-state index is 10.3. The molecule has 3 aliphatic heterocycles. The molecule has 0 aliphatic carbocycles. The standard InChI is InChI=1S/C18H33NO6/c20-11-13-16(22)17(23)15(19-13)14(21)7-3-5-12-6-4-9-18(25-12)8-1-2-10-24-18/h12-17,19-23H,1-11H2/t12?,13-,14?,15-,16-,17-,18?/m1/s1. The first kappa shape index (κ1) is 19.5. The predicted molar refractivity (Wildman–Crippen MR) is 90.9 cm³/mol. The van der Waals surface area contributed by atoms with Crippen molar-refractivity contribution in [1.82, 2.24) is 5.32 Å². The summed E-state index contributed by atoms with van der Waals surface area (Å²) in [5.74, 6) is -0.374. The topological polar surface area (TPSA) is 111 Å². The zero-order chi connectivity index (χ0) is 17.9. The summed E-state index contributed by atoms with van der Waals surface area (Å²) in [4.78, 5) is 0. The smallest absolute Gasteiger partial charge is 0.168 e. The van der Waals surface area contributed by atoms with Crippen molar-refractivity contribution in [3.8, 4) is 0 Å². The Bertz CT molecular complexity index is 409. The number of rotatable bonds is 6. The van der Waals surface area contributed by atoms with Crippen LogP contribution in [0.4, 0.5) is 0 Å². The Hall–Kier alpha value is -0.280. The number of hydrogen-bond acceptors (Lipinski definition) is 7. The van der Waals surface area contributed by atoms with E-state index in [2.05, 4.69) is 5.32 Å². The Morgan fingerprint density at radius 3 is 2.60 bits per heavy atom. The fourth-order valence-corrected chi connectivity index (χ4v) is 4.47. The molecule has 7 nitrogen and oxygen atoms in total. The van der Waals surface area contributed by atoms with Crippen molar-refractivity contribution in [1.29, 1.82) is 0 Å². The van der Waals surface area contributed by atoms with E-state index in [1.165, 1.54) is 0 Å². The molecule has 3 heterocycles. The Balaban J connectivity index is 1.42. The van der Waals surface area contributed by atoms with Gasteiger partial charge in [-0.25, -0.2) is 0 Å². The number of aliphatic hydroxyl groups is 4. The molecule has 3 aliphatic rings. The second-order valence-electron chi connectivity index (χ2n) is 7.81. The lowest BCUT2D eigenvalue weighted by molar-refractivity contribution is -0.295. The van der Waals surface area contributed by atoms with Gasteiger partial charge in [-0.15, -0.1) is 0 Å². The van der Waals surface area contributed by atoms with Crippen LogP contribution < -0.4 is 5.32 Å². The van der Waals surface area contributed by atoms with Crippen LogP contribution >= 0.6 is 0 Å². The summed E-state index contributed by atoms with van der Waals surface area (Å²) < 4.78 is 12.2. The number of hydrogen-bond donors (Lipinski definition) is 5. The van der Waals surface area contributed by atoms with Gasteiger partial charge in [0.25, 0.3) is 0 Å². The monoisotopic (exact) mass is 359 g/mol. The van der Waals surface area contributed by atoms with Crippen LogP contribution in [-0.4, -0.2) is 75.9 Å². The highest BCUT2D eigenvalue weighted by Gasteiger charge is 2.44. The van der Waals surface area contributed by atoms with Crippen molar-refractivity contribution >= 4 is 0 Å². The average molecular weight is 359 g/mol.